The minimum absolute atomic E-state index is 0.594. The van der Waals surface area contributed by atoms with Crippen LogP contribution in [0.5, 0.6) is 0 Å². The first kappa shape index (κ1) is 13.2. The molecule has 0 aliphatic rings. The number of nitrogens with one attached hydrogen (secondary N) is 1. The molecule has 1 atom stereocenters. The van der Waals surface area contributed by atoms with Crippen molar-refractivity contribution in [2.75, 3.05) is 6.54 Å². The predicted molar refractivity (Wildman–Crippen MR) is 69.4 cm³/mol. The number of aryl methyl sites for hydroxylation is 1. The molecule has 0 bridgehead atoms. The number of hydrogen-bond acceptors (Lipinski definition) is 3. The molecule has 2 nitrogen and oxygen atoms in total. The van der Waals surface area contributed by atoms with Gasteiger partial charge in [0.15, 0.2) is 0 Å². The van der Waals surface area contributed by atoms with Crippen LogP contribution in [-0.4, -0.2) is 17.3 Å². The van der Waals surface area contributed by atoms with E-state index in [1.807, 2.05) is 13.8 Å². The average molecular weight is 292 g/mol. The number of rotatable bonds is 5. The lowest BCUT2D eigenvalue weighted by Crippen LogP contribution is -2.36. The standard InChI is InChI=1S/C11H18BrNOS/c1-4-11(3,14)7-13-6-9-5-8(2)10(12)15-9/h5,13-14H,4,6-7H2,1-3H3. The minimum atomic E-state index is -0.594. The number of thiophene rings is 1. The van der Waals surface area contributed by atoms with Gasteiger partial charge in [-0.3, -0.25) is 0 Å². The maximum Gasteiger partial charge on any atom is 0.0741 e. The Labute approximate surface area is 104 Å². The second-order valence-electron chi connectivity index (χ2n) is 4.12. The molecule has 1 rings (SSSR count). The van der Waals surface area contributed by atoms with Crippen molar-refractivity contribution in [3.05, 3.63) is 20.3 Å². The molecule has 0 saturated carbocycles. The molecule has 0 aliphatic carbocycles. The van der Waals surface area contributed by atoms with Crippen LogP contribution in [-0.2, 0) is 6.54 Å². The predicted octanol–water partition coefficient (Wildman–Crippen LogP) is 3.07. The van der Waals surface area contributed by atoms with Crippen molar-refractivity contribution in [3.8, 4) is 0 Å². The van der Waals surface area contributed by atoms with E-state index >= 15 is 0 Å². The lowest BCUT2D eigenvalue weighted by atomic mass is 10.0. The van der Waals surface area contributed by atoms with Crippen LogP contribution in [0.25, 0.3) is 0 Å². The summed E-state index contributed by atoms with van der Waals surface area (Å²) < 4.78 is 1.20. The zero-order chi connectivity index (χ0) is 11.5. The normalized spacial score (nSPS) is 15.3. The van der Waals surface area contributed by atoms with Gasteiger partial charge in [0.25, 0.3) is 0 Å². The molecule has 0 aliphatic heterocycles. The second kappa shape index (κ2) is 5.43. The van der Waals surface area contributed by atoms with Crippen LogP contribution in [0.1, 0.15) is 30.7 Å². The Bertz CT molecular complexity index is 303. The topological polar surface area (TPSA) is 32.3 Å². The zero-order valence-corrected chi connectivity index (χ0v) is 11.8. The summed E-state index contributed by atoms with van der Waals surface area (Å²) in [6, 6.07) is 2.17. The third kappa shape index (κ3) is 4.23. The third-order valence-corrected chi connectivity index (χ3v) is 4.61. The Morgan fingerprint density at radius 1 is 1.60 bits per heavy atom. The summed E-state index contributed by atoms with van der Waals surface area (Å²) in [6.45, 7) is 7.40. The maximum absolute atomic E-state index is 9.79. The van der Waals surface area contributed by atoms with Gasteiger partial charge < -0.3 is 10.4 Å². The molecule has 0 aromatic carbocycles. The lowest BCUT2D eigenvalue weighted by Gasteiger charge is -2.21. The minimum Gasteiger partial charge on any atom is -0.389 e. The first-order chi connectivity index (χ1) is 6.94. The van der Waals surface area contributed by atoms with E-state index in [0.717, 1.165) is 13.0 Å². The van der Waals surface area contributed by atoms with Crippen LogP contribution in [0.4, 0.5) is 0 Å². The molecule has 86 valence electrons. The van der Waals surface area contributed by atoms with Crippen molar-refractivity contribution in [1.29, 1.82) is 0 Å². The summed E-state index contributed by atoms with van der Waals surface area (Å²) in [4.78, 5) is 1.30. The molecule has 0 radical (unpaired) electrons. The summed E-state index contributed by atoms with van der Waals surface area (Å²) in [5, 5.41) is 13.1. The Balaban J connectivity index is 2.38. The average Bonchev–Trinajstić information content (AvgIpc) is 2.46. The van der Waals surface area contributed by atoms with Crippen molar-refractivity contribution in [2.45, 2.75) is 39.3 Å². The van der Waals surface area contributed by atoms with E-state index in [4.69, 9.17) is 0 Å². The van der Waals surface area contributed by atoms with Crippen molar-refractivity contribution >= 4 is 27.3 Å². The van der Waals surface area contributed by atoms with Gasteiger partial charge in [0.1, 0.15) is 0 Å². The van der Waals surface area contributed by atoms with E-state index < -0.39 is 5.60 Å². The molecule has 1 heterocycles. The Morgan fingerprint density at radius 2 is 2.27 bits per heavy atom. The quantitative estimate of drug-likeness (QED) is 0.874. The summed E-state index contributed by atoms with van der Waals surface area (Å²) in [7, 11) is 0. The molecule has 15 heavy (non-hydrogen) atoms. The Kier molecular flexibility index (Phi) is 4.77. The molecule has 0 saturated heterocycles. The summed E-state index contributed by atoms with van der Waals surface area (Å²) >= 11 is 5.25. The highest BCUT2D eigenvalue weighted by molar-refractivity contribution is 9.11. The fraction of sp³-hybridized carbons (Fsp3) is 0.636. The molecule has 0 spiro atoms. The molecule has 1 aromatic heterocycles. The van der Waals surface area contributed by atoms with Crippen LogP contribution >= 0.6 is 27.3 Å². The fourth-order valence-corrected chi connectivity index (χ4v) is 2.79. The SMILES string of the molecule is CCC(C)(O)CNCc1cc(C)c(Br)s1. The van der Waals surface area contributed by atoms with Crippen molar-refractivity contribution in [1.82, 2.24) is 5.32 Å². The Morgan fingerprint density at radius 3 is 2.73 bits per heavy atom. The van der Waals surface area contributed by atoms with E-state index in [1.54, 1.807) is 11.3 Å². The van der Waals surface area contributed by atoms with Gasteiger partial charge in [-0.1, -0.05) is 6.92 Å². The summed E-state index contributed by atoms with van der Waals surface area (Å²) in [5.74, 6) is 0. The van der Waals surface area contributed by atoms with Crippen LogP contribution < -0.4 is 5.32 Å². The first-order valence-electron chi connectivity index (χ1n) is 5.12. The van der Waals surface area contributed by atoms with E-state index in [9.17, 15) is 5.11 Å². The summed E-state index contributed by atoms with van der Waals surface area (Å²) in [5.41, 5.74) is 0.683. The molecule has 4 heteroatoms. The number of aliphatic hydroxyl groups is 1. The van der Waals surface area contributed by atoms with E-state index in [0.29, 0.717) is 6.54 Å². The highest BCUT2D eigenvalue weighted by atomic mass is 79.9. The van der Waals surface area contributed by atoms with E-state index in [-0.39, 0.29) is 0 Å². The Hall–Kier alpha value is 0.1000. The smallest absolute Gasteiger partial charge is 0.0741 e. The molecule has 1 aromatic rings. The van der Waals surface area contributed by atoms with Gasteiger partial charge >= 0.3 is 0 Å². The van der Waals surface area contributed by atoms with Gasteiger partial charge in [-0.15, -0.1) is 11.3 Å². The zero-order valence-electron chi connectivity index (χ0n) is 9.43. The van der Waals surface area contributed by atoms with Crippen LogP contribution in [0.15, 0.2) is 9.85 Å². The highest BCUT2D eigenvalue weighted by Crippen LogP contribution is 2.27. The van der Waals surface area contributed by atoms with Crippen LogP contribution in [0.3, 0.4) is 0 Å². The largest absolute Gasteiger partial charge is 0.389 e. The number of hydrogen-bond donors (Lipinski definition) is 2. The molecular weight excluding hydrogens is 274 g/mol. The monoisotopic (exact) mass is 291 g/mol. The fourth-order valence-electron chi connectivity index (χ4n) is 1.19. The lowest BCUT2D eigenvalue weighted by molar-refractivity contribution is 0.0556. The van der Waals surface area contributed by atoms with Crippen molar-refractivity contribution < 1.29 is 5.11 Å². The molecule has 0 fully saturated rings. The van der Waals surface area contributed by atoms with Crippen LogP contribution in [0.2, 0.25) is 0 Å². The summed E-state index contributed by atoms with van der Waals surface area (Å²) in [6.07, 6.45) is 0.771. The van der Waals surface area contributed by atoms with Gasteiger partial charge in [0.2, 0.25) is 0 Å². The van der Waals surface area contributed by atoms with E-state index in [2.05, 4.69) is 34.2 Å². The van der Waals surface area contributed by atoms with Gasteiger partial charge in [-0.05, 0) is 47.8 Å². The van der Waals surface area contributed by atoms with Crippen LogP contribution in [0, 0.1) is 6.92 Å². The number of halogens is 1. The van der Waals surface area contributed by atoms with E-state index in [1.165, 1.54) is 14.2 Å². The van der Waals surface area contributed by atoms with Gasteiger partial charge in [0, 0.05) is 18.0 Å². The molecular formula is C11H18BrNOS. The van der Waals surface area contributed by atoms with Gasteiger partial charge in [0.05, 0.1) is 9.39 Å². The third-order valence-electron chi connectivity index (χ3n) is 2.47. The first-order valence-corrected chi connectivity index (χ1v) is 6.73. The van der Waals surface area contributed by atoms with Gasteiger partial charge in [-0.25, -0.2) is 0 Å². The highest BCUT2D eigenvalue weighted by Gasteiger charge is 2.16. The van der Waals surface area contributed by atoms with Crippen molar-refractivity contribution in [2.24, 2.45) is 0 Å². The molecule has 1 unspecified atom stereocenters. The maximum atomic E-state index is 9.79. The molecule has 2 N–H and O–H groups in total. The second-order valence-corrected chi connectivity index (χ2v) is 6.58. The molecule has 0 amide bonds. The van der Waals surface area contributed by atoms with Gasteiger partial charge in [-0.2, -0.15) is 0 Å². The van der Waals surface area contributed by atoms with Crippen molar-refractivity contribution in [3.63, 3.8) is 0 Å².